The number of rotatable bonds is 8. The molecule has 0 aliphatic heterocycles. The van der Waals surface area contributed by atoms with Gasteiger partial charge in [-0.05, 0) is 19.9 Å². The molecule has 1 rings (SSSR count). The van der Waals surface area contributed by atoms with Crippen LogP contribution in [-0.4, -0.2) is 30.5 Å². The van der Waals surface area contributed by atoms with E-state index in [0.717, 1.165) is 0 Å². The van der Waals surface area contributed by atoms with E-state index in [2.05, 4.69) is 10.6 Å². The molecule has 1 aromatic carbocycles. The molecule has 116 valence electrons. The van der Waals surface area contributed by atoms with Crippen molar-refractivity contribution in [1.82, 2.24) is 10.6 Å². The number of carbonyl (C=O) groups excluding carboxylic acids is 1. The van der Waals surface area contributed by atoms with Gasteiger partial charge in [0.05, 0.1) is 12.0 Å². The Morgan fingerprint density at radius 3 is 2.71 bits per heavy atom. The highest BCUT2D eigenvalue weighted by Crippen LogP contribution is 2.23. The minimum Gasteiger partial charge on any atom is -0.496 e. The van der Waals surface area contributed by atoms with Gasteiger partial charge in [0.1, 0.15) is 5.75 Å². The summed E-state index contributed by atoms with van der Waals surface area (Å²) in [5, 5.41) is 16.6. The third kappa shape index (κ3) is 5.78. The molecule has 0 spiro atoms. The second kappa shape index (κ2) is 8.21. The topological polar surface area (TPSA) is 93.5 Å². The maximum absolute atomic E-state index is 11.5. The zero-order chi connectivity index (χ0) is 15.8. The summed E-state index contributed by atoms with van der Waals surface area (Å²) in [6.45, 7) is 4.70. The Labute approximate surface area is 123 Å². The number of non-ortho nitro benzene ring substituents is 1. The van der Waals surface area contributed by atoms with Crippen LogP contribution >= 0.6 is 0 Å². The fourth-order valence-corrected chi connectivity index (χ4v) is 1.84. The average Bonchev–Trinajstić information content (AvgIpc) is 2.42. The first-order valence-electron chi connectivity index (χ1n) is 6.75. The lowest BCUT2D eigenvalue weighted by Gasteiger charge is -2.11. The van der Waals surface area contributed by atoms with Gasteiger partial charge in [0.2, 0.25) is 5.91 Å². The molecule has 0 saturated carbocycles. The molecule has 1 aromatic rings. The second-order valence-corrected chi connectivity index (χ2v) is 4.90. The van der Waals surface area contributed by atoms with Crippen molar-refractivity contribution >= 4 is 11.6 Å². The van der Waals surface area contributed by atoms with E-state index < -0.39 is 4.92 Å². The van der Waals surface area contributed by atoms with Crippen molar-refractivity contribution in [3.63, 3.8) is 0 Å². The van der Waals surface area contributed by atoms with Crippen LogP contribution in [0.15, 0.2) is 18.2 Å². The predicted octanol–water partition coefficient (Wildman–Crippen LogP) is 1.61. The number of nitrogens with zero attached hydrogens (tertiary/aromatic N) is 1. The number of ether oxygens (including phenoxy) is 1. The van der Waals surface area contributed by atoms with Crippen molar-refractivity contribution in [2.24, 2.45) is 0 Å². The summed E-state index contributed by atoms with van der Waals surface area (Å²) < 4.78 is 5.17. The van der Waals surface area contributed by atoms with Gasteiger partial charge in [0.25, 0.3) is 5.69 Å². The number of nitro benzene ring substituents is 1. The van der Waals surface area contributed by atoms with Crippen molar-refractivity contribution in [3.05, 3.63) is 33.9 Å². The van der Waals surface area contributed by atoms with E-state index in [1.54, 1.807) is 6.07 Å². The molecule has 0 bridgehead atoms. The van der Waals surface area contributed by atoms with Gasteiger partial charge in [-0.3, -0.25) is 14.9 Å². The van der Waals surface area contributed by atoms with E-state index >= 15 is 0 Å². The van der Waals surface area contributed by atoms with Gasteiger partial charge in [0.15, 0.2) is 0 Å². The maximum atomic E-state index is 11.5. The first-order valence-corrected chi connectivity index (χ1v) is 6.75. The highest BCUT2D eigenvalue weighted by Gasteiger charge is 2.11. The molecular weight excluding hydrogens is 274 g/mol. The Morgan fingerprint density at radius 2 is 2.14 bits per heavy atom. The van der Waals surface area contributed by atoms with E-state index in [4.69, 9.17) is 4.74 Å². The fourth-order valence-electron chi connectivity index (χ4n) is 1.84. The summed E-state index contributed by atoms with van der Waals surface area (Å²) in [4.78, 5) is 21.8. The van der Waals surface area contributed by atoms with Crippen LogP contribution in [0.1, 0.15) is 25.8 Å². The van der Waals surface area contributed by atoms with Crippen LogP contribution in [0.4, 0.5) is 5.69 Å². The van der Waals surface area contributed by atoms with Gasteiger partial charge in [0, 0.05) is 43.2 Å². The Balaban J connectivity index is 2.52. The molecule has 0 aliphatic carbocycles. The normalized spacial score (nSPS) is 10.5. The van der Waals surface area contributed by atoms with Crippen molar-refractivity contribution in [2.75, 3.05) is 13.7 Å². The highest BCUT2D eigenvalue weighted by molar-refractivity contribution is 5.76. The monoisotopic (exact) mass is 295 g/mol. The molecule has 7 heteroatoms. The SMILES string of the molecule is COc1ccc([N+](=O)[O-])cc1CNCCC(=O)NC(C)C. The van der Waals surface area contributed by atoms with Crippen LogP contribution in [0.5, 0.6) is 5.75 Å². The zero-order valence-electron chi connectivity index (χ0n) is 12.5. The van der Waals surface area contributed by atoms with Gasteiger partial charge in [-0.15, -0.1) is 0 Å². The van der Waals surface area contributed by atoms with E-state index in [1.165, 1.54) is 19.2 Å². The largest absolute Gasteiger partial charge is 0.496 e. The molecule has 0 aromatic heterocycles. The number of hydrogen-bond donors (Lipinski definition) is 2. The number of benzene rings is 1. The minimum atomic E-state index is -0.445. The number of carbonyl (C=O) groups is 1. The van der Waals surface area contributed by atoms with Crippen LogP contribution in [0.25, 0.3) is 0 Å². The summed E-state index contributed by atoms with van der Waals surface area (Å²) >= 11 is 0. The number of amides is 1. The van der Waals surface area contributed by atoms with Crippen LogP contribution in [0.3, 0.4) is 0 Å². The van der Waals surface area contributed by atoms with Crippen molar-refractivity contribution in [1.29, 1.82) is 0 Å². The first-order chi connectivity index (χ1) is 9.93. The minimum absolute atomic E-state index is 0.0187. The Kier molecular flexibility index (Phi) is 6.61. The third-order valence-corrected chi connectivity index (χ3v) is 2.77. The Hall–Kier alpha value is -2.15. The van der Waals surface area contributed by atoms with E-state index in [1.807, 2.05) is 13.8 Å². The fraction of sp³-hybridized carbons (Fsp3) is 0.500. The molecule has 21 heavy (non-hydrogen) atoms. The van der Waals surface area contributed by atoms with Crippen LogP contribution < -0.4 is 15.4 Å². The predicted molar refractivity (Wildman–Crippen MR) is 79.3 cm³/mol. The molecular formula is C14H21N3O4. The van der Waals surface area contributed by atoms with Gasteiger partial charge in [-0.1, -0.05) is 0 Å². The molecule has 2 N–H and O–H groups in total. The van der Waals surface area contributed by atoms with Crippen LogP contribution in [0.2, 0.25) is 0 Å². The van der Waals surface area contributed by atoms with Crippen molar-refractivity contribution in [2.45, 2.75) is 32.9 Å². The molecule has 1 amide bonds. The molecule has 7 nitrogen and oxygen atoms in total. The number of nitro groups is 1. The van der Waals surface area contributed by atoms with Gasteiger partial charge in [-0.25, -0.2) is 0 Å². The van der Waals surface area contributed by atoms with E-state index in [0.29, 0.717) is 30.8 Å². The lowest BCUT2D eigenvalue weighted by Crippen LogP contribution is -2.32. The van der Waals surface area contributed by atoms with Crippen LogP contribution in [0, 0.1) is 10.1 Å². The zero-order valence-corrected chi connectivity index (χ0v) is 12.5. The summed E-state index contributed by atoms with van der Waals surface area (Å²) in [5.74, 6) is 0.559. The van der Waals surface area contributed by atoms with Gasteiger partial charge < -0.3 is 15.4 Å². The molecule has 0 aliphatic rings. The first kappa shape index (κ1) is 16.9. The molecule has 0 fully saturated rings. The maximum Gasteiger partial charge on any atom is 0.270 e. The summed E-state index contributed by atoms with van der Waals surface area (Å²) in [7, 11) is 1.51. The summed E-state index contributed by atoms with van der Waals surface area (Å²) in [5.41, 5.74) is 0.709. The number of nitrogens with one attached hydrogen (secondary N) is 2. The Bertz CT molecular complexity index is 503. The molecule has 0 unspecified atom stereocenters. The quantitative estimate of drug-likeness (QED) is 0.432. The highest BCUT2D eigenvalue weighted by atomic mass is 16.6. The van der Waals surface area contributed by atoms with Crippen LogP contribution in [-0.2, 0) is 11.3 Å². The standard InChI is InChI=1S/C14H21N3O4/c1-10(2)16-14(18)6-7-15-9-11-8-12(17(19)20)4-5-13(11)21-3/h4-5,8,10,15H,6-7,9H2,1-3H3,(H,16,18). The van der Waals surface area contributed by atoms with Gasteiger partial charge >= 0.3 is 0 Å². The second-order valence-electron chi connectivity index (χ2n) is 4.90. The Morgan fingerprint density at radius 1 is 1.43 bits per heavy atom. The van der Waals surface area contributed by atoms with E-state index in [9.17, 15) is 14.9 Å². The summed E-state index contributed by atoms with van der Waals surface area (Å²) in [6, 6.07) is 4.56. The lowest BCUT2D eigenvalue weighted by atomic mass is 10.1. The summed E-state index contributed by atoms with van der Waals surface area (Å²) in [6.07, 6.45) is 0.357. The lowest BCUT2D eigenvalue weighted by molar-refractivity contribution is -0.384. The molecule has 0 atom stereocenters. The number of hydrogen-bond acceptors (Lipinski definition) is 5. The molecule has 0 radical (unpaired) electrons. The average molecular weight is 295 g/mol. The third-order valence-electron chi connectivity index (χ3n) is 2.77. The van der Waals surface area contributed by atoms with E-state index in [-0.39, 0.29) is 17.6 Å². The molecule has 0 saturated heterocycles. The van der Waals surface area contributed by atoms with Gasteiger partial charge in [-0.2, -0.15) is 0 Å². The molecule has 0 heterocycles. The van der Waals surface area contributed by atoms with Crippen molar-refractivity contribution in [3.8, 4) is 5.75 Å². The smallest absolute Gasteiger partial charge is 0.270 e. The number of methoxy groups -OCH3 is 1. The van der Waals surface area contributed by atoms with Crippen molar-refractivity contribution < 1.29 is 14.5 Å².